The zero-order chi connectivity index (χ0) is 14.0. The third-order valence-electron chi connectivity index (χ3n) is 4.54. The number of likely N-dealkylation sites (N-methyl/N-ethyl adjacent to an activating group) is 1. The number of nitrogens with zero attached hydrogens (tertiary/aromatic N) is 3. The first kappa shape index (κ1) is 13.8. The predicted octanol–water partition coefficient (Wildman–Crippen LogP) is 1.66. The summed E-state index contributed by atoms with van der Waals surface area (Å²) in [7, 11) is 2.18. The maximum Gasteiger partial charge on any atom is 0.164 e. The van der Waals surface area contributed by atoms with Gasteiger partial charge in [0.25, 0.3) is 0 Å². The average Bonchev–Trinajstić information content (AvgIpc) is 3.21. The second-order valence-electron chi connectivity index (χ2n) is 6.29. The fourth-order valence-corrected chi connectivity index (χ4v) is 2.85. The maximum absolute atomic E-state index is 13.5. The Morgan fingerprint density at radius 3 is 2.70 bits per heavy atom. The Labute approximate surface area is 120 Å². The molecule has 1 aromatic heterocycles. The summed E-state index contributed by atoms with van der Waals surface area (Å²) in [5.41, 5.74) is 0.927. The number of pyridine rings is 1. The van der Waals surface area contributed by atoms with E-state index in [1.807, 2.05) is 0 Å². The van der Waals surface area contributed by atoms with E-state index >= 15 is 0 Å². The molecular formula is C15H23FN4. The van der Waals surface area contributed by atoms with Gasteiger partial charge in [-0.25, -0.2) is 4.39 Å². The SMILES string of the molecule is CN1CCN(CC2(CNc3ccncc3F)CC2)CC1. The monoisotopic (exact) mass is 278 g/mol. The Balaban J connectivity index is 1.51. The Bertz CT molecular complexity index is 453. The lowest BCUT2D eigenvalue weighted by Gasteiger charge is -2.35. The molecule has 1 aliphatic carbocycles. The van der Waals surface area contributed by atoms with Gasteiger partial charge in [0.1, 0.15) is 0 Å². The number of piperazine rings is 1. The van der Waals surface area contributed by atoms with Crippen molar-refractivity contribution in [2.24, 2.45) is 5.41 Å². The molecule has 0 amide bonds. The molecule has 0 aromatic carbocycles. The molecule has 1 saturated carbocycles. The van der Waals surface area contributed by atoms with Crippen molar-refractivity contribution >= 4 is 5.69 Å². The van der Waals surface area contributed by atoms with Gasteiger partial charge < -0.3 is 15.1 Å². The average molecular weight is 278 g/mol. The first-order valence-corrected chi connectivity index (χ1v) is 7.41. The predicted molar refractivity (Wildman–Crippen MR) is 78.3 cm³/mol. The van der Waals surface area contributed by atoms with E-state index in [1.54, 1.807) is 12.3 Å². The van der Waals surface area contributed by atoms with E-state index in [0.29, 0.717) is 11.1 Å². The fraction of sp³-hybridized carbons (Fsp3) is 0.667. The van der Waals surface area contributed by atoms with E-state index in [9.17, 15) is 4.39 Å². The second-order valence-corrected chi connectivity index (χ2v) is 6.29. The van der Waals surface area contributed by atoms with Gasteiger partial charge in [0, 0.05) is 50.9 Å². The van der Waals surface area contributed by atoms with Gasteiger partial charge in [-0.1, -0.05) is 0 Å². The molecule has 1 aliphatic heterocycles. The highest BCUT2D eigenvalue weighted by Gasteiger charge is 2.43. The number of halogens is 1. The number of aromatic nitrogens is 1. The Kier molecular flexibility index (Phi) is 3.89. The first-order valence-electron chi connectivity index (χ1n) is 7.41. The van der Waals surface area contributed by atoms with Crippen molar-refractivity contribution in [2.45, 2.75) is 12.8 Å². The lowest BCUT2D eigenvalue weighted by atomic mass is 10.1. The summed E-state index contributed by atoms with van der Waals surface area (Å²) in [5.74, 6) is -0.261. The van der Waals surface area contributed by atoms with Crippen LogP contribution in [0.25, 0.3) is 0 Å². The number of hydrogen-bond acceptors (Lipinski definition) is 4. The smallest absolute Gasteiger partial charge is 0.164 e. The molecule has 2 heterocycles. The third-order valence-corrected chi connectivity index (χ3v) is 4.54. The number of anilines is 1. The van der Waals surface area contributed by atoms with Crippen molar-refractivity contribution in [1.29, 1.82) is 0 Å². The van der Waals surface area contributed by atoms with E-state index in [2.05, 4.69) is 27.1 Å². The van der Waals surface area contributed by atoms with Gasteiger partial charge in [0.15, 0.2) is 5.82 Å². The first-order chi connectivity index (χ1) is 9.67. The van der Waals surface area contributed by atoms with E-state index in [1.165, 1.54) is 19.0 Å². The minimum atomic E-state index is -0.261. The van der Waals surface area contributed by atoms with Crippen molar-refractivity contribution in [3.05, 3.63) is 24.3 Å². The minimum Gasteiger partial charge on any atom is -0.382 e. The second kappa shape index (κ2) is 5.66. The van der Waals surface area contributed by atoms with Crippen molar-refractivity contribution in [2.75, 3.05) is 51.6 Å². The quantitative estimate of drug-likeness (QED) is 0.887. The van der Waals surface area contributed by atoms with Crippen LogP contribution >= 0.6 is 0 Å². The summed E-state index contributed by atoms with van der Waals surface area (Å²) in [6, 6.07) is 1.71. The van der Waals surface area contributed by atoms with Crippen LogP contribution in [-0.4, -0.2) is 61.1 Å². The van der Waals surface area contributed by atoms with Crippen LogP contribution in [0.3, 0.4) is 0 Å². The van der Waals surface area contributed by atoms with Gasteiger partial charge in [0.2, 0.25) is 0 Å². The highest BCUT2D eigenvalue weighted by atomic mass is 19.1. The maximum atomic E-state index is 13.5. The number of hydrogen-bond donors (Lipinski definition) is 1. The molecule has 2 aliphatic rings. The van der Waals surface area contributed by atoms with Crippen LogP contribution < -0.4 is 5.32 Å². The molecule has 1 N–H and O–H groups in total. The van der Waals surface area contributed by atoms with Gasteiger partial charge in [-0.05, 0) is 26.0 Å². The molecule has 4 nitrogen and oxygen atoms in total. The highest BCUT2D eigenvalue weighted by Crippen LogP contribution is 2.46. The normalized spacial score (nSPS) is 22.7. The topological polar surface area (TPSA) is 31.4 Å². The lowest BCUT2D eigenvalue weighted by Crippen LogP contribution is -2.47. The van der Waals surface area contributed by atoms with Crippen LogP contribution in [0.15, 0.2) is 18.5 Å². The summed E-state index contributed by atoms with van der Waals surface area (Å²) in [6.07, 6.45) is 5.39. The summed E-state index contributed by atoms with van der Waals surface area (Å²) in [4.78, 5) is 8.71. The van der Waals surface area contributed by atoms with Crippen LogP contribution in [0.2, 0.25) is 0 Å². The third kappa shape index (κ3) is 3.27. The molecule has 0 spiro atoms. The summed E-state index contributed by atoms with van der Waals surface area (Å²) >= 11 is 0. The van der Waals surface area contributed by atoms with Gasteiger partial charge >= 0.3 is 0 Å². The molecule has 0 atom stereocenters. The van der Waals surface area contributed by atoms with Gasteiger partial charge in [-0.2, -0.15) is 0 Å². The molecule has 0 unspecified atom stereocenters. The van der Waals surface area contributed by atoms with E-state index in [-0.39, 0.29) is 5.82 Å². The minimum absolute atomic E-state index is 0.261. The summed E-state index contributed by atoms with van der Waals surface area (Å²) in [6.45, 7) is 6.62. The molecule has 0 radical (unpaired) electrons. The van der Waals surface area contributed by atoms with Crippen LogP contribution in [0.5, 0.6) is 0 Å². The van der Waals surface area contributed by atoms with Crippen molar-refractivity contribution in [3.63, 3.8) is 0 Å². The summed E-state index contributed by atoms with van der Waals surface area (Å²) in [5, 5.41) is 3.26. The van der Waals surface area contributed by atoms with Crippen LogP contribution in [-0.2, 0) is 0 Å². The molecular weight excluding hydrogens is 255 g/mol. The number of nitrogens with one attached hydrogen (secondary N) is 1. The van der Waals surface area contributed by atoms with Crippen LogP contribution in [0.4, 0.5) is 10.1 Å². The van der Waals surface area contributed by atoms with Crippen molar-refractivity contribution in [3.8, 4) is 0 Å². The van der Waals surface area contributed by atoms with E-state index < -0.39 is 0 Å². The molecule has 3 rings (SSSR count). The zero-order valence-corrected chi connectivity index (χ0v) is 12.1. The number of rotatable bonds is 5. The van der Waals surface area contributed by atoms with Crippen molar-refractivity contribution < 1.29 is 4.39 Å². The molecule has 5 heteroatoms. The molecule has 1 aromatic rings. The van der Waals surface area contributed by atoms with Crippen LogP contribution in [0.1, 0.15) is 12.8 Å². The van der Waals surface area contributed by atoms with Gasteiger partial charge in [-0.3, -0.25) is 4.98 Å². The largest absolute Gasteiger partial charge is 0.382 e. The van der Waals surface area contributed by atoms with E-state index in [0.717, 1.165) is 39.3 Å². The molecule has 20 heavy (non-hydrogen) atoms. The molecule has 110 valence electrons. The van der Waals surface area contributed by atoms with E-state index in [4.69, 9.17) is 0 Å². The Morgan fingerprint density at radius 1 is 1.30 bits per heavy atom. The lowest BCUT2D eigenvalue weighted by molar-refractivity contribution is 0.133. The van der Waals surface area contributed by atoms with Gasteiger partial charge in [-0.15, -0.1) is 0 Å². The fourth-order valence-electron chi connectivity index (χ4n) is 2.85. The standard InChI is InChI=1S/C15H23FN4/c1-19-6-8-20(9-7-19)12-15(3-4-15)11-18-14-2-5-17-10-13(14)16/h2,5,10H,3-4,6-9,11-12H2,1H3,(H,17,18). The van der Waals surface area contributed by atoms with Crippen molar-refractivity contribution in [1.82, 2.24) is 14.8 Å². The highest BCUT2D eigenvalue weighted by molar-refractivity contribution is 5.43. The van der Waals surface area contributed by atoms with Crippen LogP contribution in [0, 0.1) is 11.2 Å². The zero-order valence-electron chi connectivity index (χ0n) is 12.1. The molecule has 2 fully saturated rings. The Morgan fingerprint density at radius 2 is 2.05 bits per heavy atom. The molecule has 1 saturated heterocycles. The summed E-state index contributed by atoms with van der Waals surface area (Å²) < 4.78 is 13.5. The van der Waals surface area contributed by atoms with Gasteiger partial charge in [0.05, 0.1) is 11.9 Å². The Hall–Kier alpha value is -1.20. The molecule has 0 bridgehead atoms.